The largest absolute Gasteiger partial charge is 0.463 e. The first kappa shape index (κ1) is 17.4. The van der Waals surface area contributed by atoms with E-state index in [0.717, 1.165) is 0 Å². The fourth-order valence-corrected chi connectivity index (χ4v) is 2.25. The molecule has 0 fully saturated rings. The Morgan fingerprint density at radius 3 is 2.50 bits per heavy atom. The molecule has 1 aromatic heterocycles. The predicted octanol–water partition coefficient (Wildman–Crippen LogP) is 3.95. The molecule has 1 heterocycles. The Morgan fingerprint density at radius 1 is 0.962 bits per heavy atom. The molecule has 0 spiro atoms. The smallest absolute Gasteiger partial charge is 0.271 e. The molecule has 2 aromatic carbocycles. The molecule has 26 heavy (non-hydrogen) atoms. The quantitative estimate of drug-likeness (QED) is 0.529. The number of amides is 2. The van der Waals surface area contributed by atoms with Gasteiger partial charge in [-0.05, 0) is 54.6 Å². The van der Waals surface area contributed by atoms with Crippen LogP contribution in [0.3, 0.4) is 0 Å². The number of hydrogen-bond donors (Lipinski definition) is 2. The Morgan fingerprint density at radius 2 is 1.77 bits per heavy atom. The molecule has 0 aliphatic heterocycles. The second kappa shape index (κ2) is 8.13. The van der Waals surface area contributed by atoms with Crippen LogP contribution in [0.5, 0.6) is 0 Å². The summed E-state index contributed by atoms with van der Waals surface area (Å²) in [6.07, 6.45) is 2.90. The van der Waals surface area contributed by atoms with E-state index >= 15 is 0 Å². The van der Waals surface area contributed by atoms with Gasteiger partial charge in [0.05, 0.1) is 12.5 Å². The van der Waals surface area contributed by atoms with Gasteiger partial charge in [-0.1, -0.05) is 17.7 Å². The van der Waals surface area contributed by atoms with Gasteiger partial charge < -0.3 is 9.73 Å². The van der Waals surface area contributed by atoms with Crippen LogP contribution < -0.4 is 10.7 Å². The molecule has 3 rings (SSSR count). The van der Waals surface area contributed by atoms with Crippen molar-refractivity contribution in [1.29, 1.82) is 0 Å². The highest BCUT2D eigenvalue weighted by atomic mass is 35.5. The van der Waals surface area contributed by atoms with Gasteiger partial charge in [0.1, 0.15) is 5.76 Å². The first-order valence-electron chi connectivity index (χ1n) is 7.66. The average molecular weight is 368 g/mol. The van der Waals surface area contributed by atoms with Crippen molar-refractivity contribution in [2.75, 3.05) is 5.32 Å². The van der Waals surface area contributed by atoms with Crippen molar-refractivity contribution in [3.63, 3.8) is 0 Å². The minimum Gasteiger partial charge on any atom is -0.463 e. The van der Waals surface area contributed by atoms with Crippen molar-refractivity contribution >= 4 is 35.3 Å². The normalized spacial score (nSPS) is 10.7. The first-order chi connectivity index (χ1) is 12.6. The van der Waals surface area contributed by atoms with Crippen LogP contribution in [0.4, 0.5) is 5.69 Å². The lowest BCUT2D eigenvalue weighted by molar-refractivity contribution is 0.0953. The lowest BCUT2D eigenvalue weighted by Gasteiger charge is -2.07. The van der Waals surface area contributed by atoms with Crippen molar-refractivity contribution < 1.29 is 14.0 Å². The van der Waals surface area contributed by atoms with Crippen LogP contribution in [-0.4, -0.2) is 18.0 Å². The summed E-state index contributed by atoms with van der Waals surface area (Å²) in [5, 5.41) is 7.11. The van der Waals surface area contributed by atoms with E-state index in [2.05, 4.69) is 15.8 Å². The molecular weight excluding hydrogens is 354 g/mol. The number of hydrazone groups is 1. The number of furan rings is 1. The maximum Gasteiger partial charge on any atom is 0.271 e. The number of anilines is 1. The predicted molar refractivity (Wildman–Crippen MR) is 99.6 cm³/mol. The summed E-state index contributed by atoms with van der Waals surface area (Å²) in [4.78, 5) is 24.4. The zero-order valence-electron chi connectivity index (χ0n) is 13.5. The van der Waals surface area contributed by atoms with Gasteiger partial charge in [0.2, 0.25) is 0 Å². The molecule has 0 aliphatic carbocycles. The number of carbonyl (C=O) groups is 2. The van der Waals surface area contributed by atoms with E-state index in [0.29, 0.717) is 27.6 Å². The summed E-state index contributed by atoms with van der Waals surface area (Å²) in [6.45, 7) is 0. The van der Waals surface area contributed by atoms with Gasteiger partial charge in [0.15, 0.2) is 0 Å². The van der Waals surface area contributed by atoms with Gasteiger partial charge in [0, 0.05) is 21.8 Å². The molecule has 2 N–H and O–H groups in total. The SMILES string of the molecule is O=C(N/N=C/c1ccco1)c1cccc(NC(=O)c2ccc(Cl)cc2)c1. The van der Waals surface area contributed by atoms with E-state index in [1.807, 2.05) is 0 Å². The molecule has 130 valence electrons. The number of nitrogens with one attached hydrogen (secondary N) is 2. The van der Waals surface area contributed by atoms with Crippen LogP contribution in [-0.2, 0) is 0 Å². The molecule has 2 amide bonds. The van der Waals surface area contributed by atoms with E-state index in [-0.39, 0.29) is 5.91 Å². The lowest BCUT2D eigenvalue weighted by Crippen LogP contribution is -2.18. The van der Waals surface area contributed by atoms with Crippen molar-refractivity contribution in [2.45, 2.75) is 0 Å². The number of hydrogen-bond acceptors (Lipinski definition) is 4. The molecule has 7 heteroatoms. The molecule has 0 aliphatic rings. The molecular formula is C19H14ClN3O3. The summed E-state index contributed by atoms with van der Waals surface area (Å²) < 4.78 is 5.08. The number of rotatable bonds is 5. The van der Waals surface area contributed by atoms with Crippen molar-refractivity contribution in [2.24, 2.45) is 5.10 Å². The van der Waals surface area contributed by atoms with Crippen molar-refractivity contribution in [3.8, 4) is 0 Å². The van der Waals surface area contributed by atoms with E-state index in [1.165, 1.54) is 12.5 Å². The highest BCUT2D eigenvalue weighted by Crippen LogP contribution is 2.14. The van der Waals surface area contributed by atoms with Gasteiger partial charge in [-0.15, -0.1) is 0 Å². The van der Waals surface area contributed by atoms with Crippen LogP contribution in [0.15, 0.2) is 76.4 Å². The maximum atomic E-state index is 12.2. The standard InChI is InChI=1S/C19H14ClN3O3/c20-15-8-6-13(7-9-15)18(24)22-16-4-1-3-14(11-16)19(25)23-21-12-17-5-2-10-26-17/h1-12H,(H,22,24)(H,23,25)/b21-12+. The molecule has 0 radical (unpaired) electrons. The molecule has 0 saturated heterocycles. The van der Waals surface area contributed by atoms with E-state index in [1.54, 1.807) is 60.7 Å². The van der Waals surface area contributed by atoms with Crippen LogP contribution in [0, 0.1) is 0 Å². The minimum atomic E-state index is -0.407. The lowest BCUT2D eigenvalue weighted by atomic mass is 10.1. The third-order valence-electron chi connectivity index (χ3n) is 3.39. The van der Waals surface area contributed by atoms with Gasteiger partial charge in [0.25, 0.3) is 11.8 Å². The average Bonchev–Trinajstić information content (AvgIpc) is 3.16. The third-order valence-corrected chi connectivity index (χ3v) is 3.64. The summed E-state index contributed by atoms with van der Waals surface area (Å²) in [5.41, 5.74) is 3.71. The molecule has 3 aromatic rings. The summed E-state index contributed by atoms with van der Waals surface area (Å²) in [5.74, 6) is -0.181. The molecule has 0 bridgehead atoms. The number of benzene rings is 2. The molecule has 6 nitrogen and oxygen atoms in total. The zero-order valence-corrected chi connectivity index (χ0v) is 14.2. The summed E-state index contributed by atoms with van der Waals surface area (Å²) in [7, 11) is 0. The number of carbonyl (C=O) groups excluding carboxylic acids is 2. The van der Waals surface area contributed by atoms with Crippen LogP contribution in [0.25, 0.3) is 0 Å². The van der Waals surface area contributed by atoms with Crippen molar-refractivity contribution in [3.05, 3.63) is 88.8 Å². The van der Waals surface area contributed by atoms with Gasteiger partial charge >= 0.3 is 0 Å². The van der Waals surface area contributed by atoms with Gasteiger partial charge in [-0.3, -0.25) is 9.59 Å². The van der Waals surface area contributed by atoms with Crippen LogP contribution >= 0.6 is 11.6 Å². The Bertz CT molecular complexity index is 935. The third kappa shape index (κ3) is 4.58. The summed E-state index contributed by atoms with van der Waals surface area (Å²) >= 11 is 5.81. The zero-order chi connectivity index (χ0) is 18.4. The number of halogens is 1. The van der Waals surface area contributed by atoms with Crippen LogP contribution in [0.2, 0.25) is 5.02 Å². The van der Waals surface area contributed by atoms with Gasteiger partial charge in [-0.25, -0.2) is 5.43 Å². The Balaban J connectivity index is 1.64. The molecule has 0 unspecified atom stereocenters. The Labute approximate surface area is 154 Å². The fourth-order valence-electron chi connectivity index (χ4n) is 2.13. The molecule has 0 atom stereocenters. The first-order valence-corrected chi connectivity index (χ1v) is 8.03. The van der Waals surface area contributed by atoms with Crippen molar-refractivity contribution in [1.82, 2.24) is 5.43 Å². The Hall–Kier alpha value is -3.38. The van der Waals surface area contributed by atoms with E-state index in [9.17, 15) is 9.59 Å². The topological polar surface area (TPSA) is 83.7 Å². The second-order valence-corrected chi connectivity index (χ2v) is 5.69. The summed E-state index contributed by atoms with van der Waals surface area (Å²) in [6, 6.07) is 16.5. The monoisotopic (exact) mass is 367 g/mol. The fraction of sp³-hybridized carbons (Fsp3) is 0. The Kier molecular flexibility index (Phi) is 5.46. The van der Waals surface area contributed by atoms with E-state index in [4.69, 9.17) is 16.0 Å². The second-order valence-electron chi connectivity index (χ2n) is 5.26. The maximum absolute atomic E-state index is 12.2. The molecule has 0 saturated carbocycles. The number of nitrogens with zero attached hydrogens (tertiary/aromatic N) is 1. The van der Waals surface area contributed by atoms with Gasteiger partial charge in [-0.2, -0.15) is 5.10 Å². The highest BCUT2D eigenvalue weighted by molar-refractivity contribution is 6.30. The highest BCUT2D eigenvalue weighted by Gasteiger charge is 2.09. The minimum absolute atomic E-state index is 0.296. The van der Waals surface area contributed by atoms with E-state index < -0.39 is 5.91 Å². The van der Waals surface area contributed by atoms with Crippen LogP contribution in [0.1, 0.15) is 26.5 Å².